The molecule has 0 aliphatic carbocycles. The van der Waals surface area contributed by atoms with Crippen molar-refractivity contribution in [1.82, 2.24) is 4.90 Å². The zero-order valence-electron chi connectivity index (χ0n) is 10.4. The Kier molecular flexibility index (Phi) is 3.67. The van der Waals surface area contributed by atoms with Crippen molar-refractivity contribution in [3.63, 3.8) is 0 Å². The average molecular weight is 233 g/mol. The molecule has 1 saturated heterocycles. The molecule has 2 atom stereocenters. The summed E-state index contributed by atoms with van der Waals surface area (Å²) in [4.78, 5) is 13.6. The zero-order chi connectivity index (χ0) is 12.3. The normalized spacial score (nSPS) is 23.8. The van der Waals surface area contributed by atoms with E-state index in [0.717, 1.165) is 18.7 Å². The number of benzene rings is 1. The van der Waals surface area contributed by atoms with Gasteiger partial charge in [0.15, 0.2) is 0 Å². The van der Waals surface area contributed by atoms with Gasteiger partial charge in [0.25, 0.3) is 0 Å². The van der Waals surface area contributed by atoms with E-state index < -0.39 is 0 Å². The monoisotopic (exact) mass is 233 g/mol. The summed E-state index contributed by atoms with van der Waals surface area (Å²) in [6.45, 7) is 6.34. The molecule has 0 saturated carbocycles. The summed E-state index contributed by atoms with van der Waals surface area (Å²) >= 11 is 0. The summed E-state index contributed by atoms with van der Waals surface area (Å²) in [6.07, 6.45) is -0.190. The maximum atomic E-state index is 11.8. The third-order valence-corrected chi connectivity index (χ3v) is 3.45. The van der Waals surface area contributed by atoms with Gasteiger partial charge in [-0.15, -0.1) is 0 Å². The maximum absolute atomic E-state index is 11.8. The van der Waals surface area contributed by atoms with Crippen LogP contribution in [-0.2, 0) is 11.3 Å². The van der Waals surface area contributed by atoms with Crippen LogP contribution in [0.2, 0.25) is 0 Å². The summed E-state index contributed by atoms with van der Waals surface area (Å²) in [5.41, 5.74) is 1.03. The molecule has 2 rings (SSSR count). The molecule has 0 aromatic heterocycles. The van der Waals surface area contributed by atoms with E-state index in [2.05, 4.69) is 13.8 Å². The van der Waals surface area contributed by atoms with E-state index >= 15 is 0 Å². The number of hydrogen-bond acceptors (Lipinski definition) is 2. The summed E-state index contributed by atoms with van der Waals surface area (Å²) < 4.78 is 5.30. The van der Waals surface area contributed by atoms with Crippen LogP contribution in [-0.4, -0.2) is 24.1 Å². The minimum Gasteiger partial charge on any atom is -0.445 e. The minimum atomic E-state index is -0.190. The fourth-order valence-corrected chi connectivity index (χ4v) is 2.09. The van der Waals surface area contributed by atoms with Gasteiger partial charge >= 0.3 is 6.09 Å². The van der Waals surface area contributed by atoms with Crippen molar-refractivity contribution >= 4 is 6.09 Å². The zero-order valence-corrected chi connectivity index (χ0v) is 10.4. The maximum Gasteiger partial charge on any atom is 0.410 e. The van der Waals surface area contributed by atoms with E-state index in [-0.39, 0.29) is 6.09 Å². The van der Waals surface area contributed by atoms with Crippen molar-refractivity contribution in [2.45, 2.75) is 20.5 Å². The fraction of sp³-hybridized carbons (Fsp3) is 0.500. The lowest BCUT2D eigenvalue weighted by atomic mass is 10.0. The topological polar surface area (TPSA) is 29.5 Å². The first-order valence-electron chi connectivity index (χ1n) is 6.12. The van der Waals surface area contributed by atoms with Gasteiger partial charge in [-0.05, 0) is 17.4 Å². The Morgan fingerprint density at radius 3 is 2.41 bits per heavy atom. The number of amides is 1. The summed E-state index contributed by atoms with van der Waals surface area (Å²) in [6, 6.07) is 9.77. The molecule has 1 fully saturated rings. The summed E-state index contributed by atoms with van der Waals surface area (Å²) in [5, 5.41) is 0. The van der Waals surface area contributed by atoms with Gasteiger partial charge in [-0.1, -0.05) is 44.2 Å². The predicted octanol–water partition coefficient (Wildman–Crippen LogP) is 2.91. The molecule has 0 radical (unpaired) electrons. The molecule has 0 unspecified atom stereocenters. The van der Waals surface area contributed by atoms with Gasteiger partial charge < -0.3 is 9.64 Å². The Morgan fingerprint density at radius 1 is 1.24 bits per heavy atom. The molecule has 92 valence electrons. The smallest absolute Gasteiger partial charge is 0.410 e. The van der Waals surface area contributed by atoms with Gasteiger partial charge in [0.2, 0.25) is 0 Å². The lowest BCUT2D eigenvalue weighted by molar-refractivity contribution is 0.102. The van der Waals surface area contributed by atoms with Crippen molar-refractivity contribution in [3.8, 4) is 0 Å². The van der Waals surface area contributed by atoms with E-state index in [0.29, 0.717) is 18.4 Å². The number of ether oxygens (including phenoxy) is 1. The van der Waals surface area contributed by atoms with Crippen molar-refractivity contribution in [1.29, 1.82) is 0 Å². The lowest BCUT2D eigenvalue weighted by Crippen LogP contribution is -2.29. The van der Waals surface area contributed by atoms with Gasteiger partial charge in [-0.25, -0.2) is 4.79 Å². The van der Waals surface area contributed by atoms with Crippen LogP contribution in [0.5, 0.6) is 0 Å². The van der Waals surface area contributed by atoms with Crippen molar-refractivity contribution in [2.75, 3.05) is 13.1 Å². The van der Waals surface area contributed by atoms with Gasteiger partial charge in [0, 0.05) is 13.1 Å². The van der Waals surface area contributed by atoms with Gasteiger partial charge in [0.1, 0.15) is 6.61 Å². The Balaban J connectivity index is 1.82. The highest BCUT2D eigenvalue weighted by Gasteiger charge is 2.30. The highest BCUT2D eigenvalue weighted by molar-refractivity contribution is 5.68. The molecule has 0 spiro atoms. The highest BCUT2D eigenvalue weighted by Crippen LogP contribution is 2.22. The summed E-state index contributed by atoms with van der Waals surface area (Å²) in [7, 11) is 0. The largest absolute Gasteiger partial charge is 0.445 e. The Labute approximate surface area is 102 Å². The Bertz CT molecular complexity index is 367. The van der Waals surface area contributed by atoms with Crippen molar-refractivity contribution in [3.05, 3.63) is 35.9 Å². The Morgan fingerprint density at radius 2 is 1.82 bits per heavy atom. The molecular formula is C14H19NO2. The van der Waals surface area contributed by atoms with Crippen LogP contribution in [0.25, 0.3) is 0 Å². The van der Waals surface area contributed by atoms with E-state index in [1.165, 1.54) is 0 Å². The van der Waals surface area contributed by atoms with Crippen LogP contribution >= 0.6 is 0 Å². The van der Waals surface area contributed by atoms with Crippen molar-refractivity contribution < 1.29 is 9.53 Å². The second-order valence-corrected chi connectivity index (χ2v) is 4.90. The van der Waals surface area contributed by atoms with Gasteiger partial charge in [0.05, 0.1) is 0 Å². The lowest BCUT2D eigenvalue weighted by Gasteiger charge is -2.15. The standard InChI is InChI=1S/C14H19NO2/c1-11-8-15(9-12(11)2)14(16)17-10-13-6-4-3-5-7-13/h3-7,11-12H,8-10H2,1-2H3/t11-,12-/m0/s1. The molecular weight excluding hydrogens is 214 g/mol. The molecule has 17 heavy (non-hydrogen) atoms. The molecule has 1 heterocycles. The molecule has 3 nitrogen and oxygen atoms in total. The first-order valence-corrected chi connectivity index (χ1v) is 6.12. The molecule has 1 aliphatic heterocycles. The second-order valence-electron chi connectivity index (χ2n) is 4.90. The SMILES string of the molecule is C[C@H]1CN(C(=O)OCc2ccccc2)C[C@@H]1C. The molecule has 0 bridgehead atoms. The van der Waals surface area contributed by atoms with Crippen LogP contribution in [0, 0.1) is 11.8 Å². The van der Waals surface area contributed by atoms with Gasteiger partial charge in [-0.2, -0.15) is 0 Å². The number of hydrogen-bond donors (Lipinski definition) is 0. The van der Waals surface area contributed by atoms with Crippen molar-refractivity contribution in [2.24, 2.45) is 11.8 Å². The van der Waals surface area contributed by atoms with Crippen LogP contribution in [0.15, 0.2) is 30.3 Å². The quantitative estimate of drug-likeness (QED) is 0.786. The minimum absolute atomic E-state index is 0.190. The third-order valence-electron chi connectivity index (χ3n) is 3.45. The van der Waals surface area contributed by atoms with Crippen LogP contribution in [0.3, 0.4) is 0 Å². The number of carbonyl (C=O) groups excluding carboxylic acids is 1. The molecule has 1 aromatic rings. The Hall–Kier alpha value is -1.51. The molecule has 1 amide bonds. The predicted molar refractivity (Wildman–Crippen MR) is 66.5 cm³/mol. The van der Waals surface area contributed by atoms with Gasteiger partial charge in [-0.3, -0.25) is 0 Å². The van der Waals surface area contributed by atoms with E-state index in [4.69, 9.17) is 4.74 Å². The first kappa shape index (κ1) is 12.0. The number of carbonyl (C=O) groups is 1. The van der Waals surface area contributed by atoms with Crippen LogP contribution in [0.4, 0.5) is 4.79 Å². The van der Waals surface area contributed by atoms with E-state index in [9.17, 15) is 4.79 Å². The van der Waals surface area contributed by atoms with E-state index in [1.54, 1.807) is 4.90 Å². The first-order chi connectivity index (χ1) is 8.16. The third kappa shape index (κ3) is 2.99. The number of nitrogens with zero attached hydrogens (tertiary/aromatic N) is 1. The molecule has 1 aromatic carbocycles. The number of likely N-dealkylation sites (tertiary alicyclic amines) is 1. The molecule has 0 N–H and O–H groups in total. The fourth-order valence-electron chi connectivity index (χ4n) is 2.09. The van der Waals surface area contributed by atoms with E-state index in [1.807, 2.05) is 30.3 Å². The molecule has 3 heteroatoms. The number of rotatable bonds is 2. The molecule has 1 aliphatic rings. The average Bonchev–Trinajstić information content (AvgIpc) is 2.68. The van der Waals surface area contributed by atoms with Crippen LogP contribution < -0.4 is 0 Å². The van der Waals surface area contributed by atoms with Crippen LogP contribution in [0.1, 0.15) is 19.4 Å². The summed E-state index contributed by atoms with van der Waals surface area (Å²) in [5.74, 6) is 1.14. The second kappa shape index (κ2) is 5.21. The highest BCUT2D eigenvalue weighted by atomic mass is 16.6.